The highest BCUT2D eigenvalue weighted by Crippen LogP contribution is 2.30. The predicted octanol–water partition coefficient (Wildman–Crippen LogP) is 3.50. The average Bonchev–Trinajstić information content (AvgIpc) is 2.20. The Balaban J connectivity index is 4.04. The van der Waals surface area contributed by atoms with E-state index in [1.54, 1.807) is 0 Å². The molecule has 2 N–H and O–H groups in total. The average molecular weight is 183 g/mol. The Morgan fingerprint density at radius 2 is 1.62 bits per heavy atom. The molecular weight excluding hydrogens is 158 g/mol. The number of unbranched alkanes of at least 4 members (excludes halogenated alkanes) is 2. The zero-order chi connectivity index (χ0) is 10.2. The summed E-state index contributed by atoms with van der Waals surface area (Å²) in [5.74, 6) is 0. The van der Waals surface area contributed by atoms with Crippen molar-refractivity contribution in [3.05, 3.63) is 12.7 Å². The van der Waals surface area contributed by atoms with Gasteiger partial charge in [-0.25, -0.2) is 0 Å². The molecule has 0 aliphatic heterocycles. The number of nitrogens with two attached hydrogens (primary N) is 1. The van der Waals surface area contributed by atoms with Gasteiger partial charge in [0.15, 0.2) is 0 Å². The van der Waals surface area contributed by atoms with Crippen molar-refractivity contribution >= 4 is 0 Å². The van der Waals surface area contributed by atoms with E-state index in [1.807, 2.05) is 0 Å². The summed E-state index contributed by atoms with van der Waals surface area (Å²) in [5, 5.41) is 0. The third-order valence-corrected chi connectivity index (χ3v) is 2.90. The molecule has 0 aromatic carbocycles. The molecule has 0 aliphatic carbocycles. The van der Waals surface area contributed by atoms with E-state index < -0.39 is 0 Å². The first-order valence-corrected chi connectivity index (χ1v) is 5.58. The molecule has 1 heteroatoms. The van der Waals surface area contributed by atoms with Crippen LogP contribution in [0.3, 0.4) is 0 Å². The first-order valence-electron chi connectivity index (χ1n) is 5.58. The van der Waals surface area contributed by atoms with Gasteiger partial charge in [0.2, 0.25) is 0 Å². The van der Waals surface area contributed by atoms with E-state index in [1.165, 1.54) is 38.5 Å². The van der Waals surface area contributed by atoms with Crippen LogP contribution in [0.25, 0.3) is 0 Å². The van der Waals surface area contributed by atoms with Crippen LogP contribution in [-0.2, 0) is 0 Å². The number of hydrogen-bond donors (Lipinski definition) is 1. The Labute approximate surface area is 83.4 Å². The summed E-state index contributed by atoms with van der Waals surface area (Å²) in [6, 6.07) is 0. The molecule has 0 aromatic heterocycles. The fourth-order valence-electron chi connectivity index (χ4n) is 1.67. The molecule has 1 nitrogen and oxygen atoms in total. The highest BCUT2D eigenvalue weighted by molar-refractivity contribution is 4.95. The Bertz CT molecular complexity index is 121. The Morgan fingerprint density at radius 3 is 1.85 bits per heavy atom. The lowest BCUT2D eigenvalue weighted by molar-refractivity contribution is 0.314. The molecule has 0 aliphatic rings. The van der Waals surface area contributed by atoms with E-state index >= 15 is 0 Å². The van der Waals surface area contributed by atoms with Gasteiger partial charge in [0, 0.05) is 12.0 Å². The summed E-state index contributed by atoms with van der Waals surface area (Å²) < 4.78 is 0. The van der Waals surface area contributed by atoms with E-state index in [2.05, 4.69) is 26.5 Å². The van der Waals surface area contributed by atoms with Crippen molar-refractivity contribution in [1.29, 1.82) is 0 Å². The van der Waals surface area contributed by atoms with Crippen LogP contribution in [-0.4, -0.2) is 6.54 Å². The maximum absolute atomic E-state index is 5.83. The van der Waals surface area contributed by atoms with Crippen LogP contribution in [0.1, 0.15) is 52.4 Å². The summed E-state index contributed by atoms with van der Waals surface area (Å²) in [4.78, 5) is 0. The summed E-state index contributed by atoms with van der Waals surface area (Å²) in [6.45, 7) is 9.14. The maximum Gasteiger partial charge on any atom is 0.00141 e. The molecular formula is C12H25N. The SMILES string of the molecule is C=CC(CN)(CCCC)CCCC. The molecule has 0 spiro atoms. The number of rotatable bonds is 8. The summed E-state index contributed by atoms with van der Waals surface area (Å²) >= 11 is 0. The van der Waals surface area contributed by atoms with Crippen LogP contribution in [0.2, 0.25) is 0 Å². The Morgan fingerprint density at radius 1 is 1.15 bits per heavy atom. The minimum absolute atomic E-state index is 0.228. The predicted molar refractivity (Wildman–Crippen MR) is 60.7 cm³/mol. The molecule has 0 saturated carbocycles. The molecule has 0 bridgehead atoms. The highest BCUT2D eigenvalue weighted by Gasteiger charge is 2.22. The quantitative estimate of drug-likeness (QED) is 0.573. The monoisotopic (exact) mass is 183 g/mol. The van der Waals surface area contributed by atoms with Gasteiger partial charge in [0.05, 0.1) is 0 Å². The van der Waals surface area contributed by atoms with Gasteiger partial charge in [0.1, 0.15) is 0 Å². The lowest BCUT2D eigenvalue weighted by Gasteiger charge is -2.28. The third-order valence-electron chi connectivity index (χ3n) is 2.90. The van der Waals surface area contributed by atoms with E-state index in [-0.39, 0.29) is 5.41 Å². The van der Waals surface area contributed by atoms with E-state index in [4.69, 9.17) is 5.73 Å². The van der Waals surface area contributed by atoms with E-state index in [9.17, 15) is 0 Å². The van der Waals surface area contributed by atoms with Gasteiger partial charge >= 0.3 is 0 Å². The lowest BCUT2D eigenvalue weighted by Crippen LogP contribution is -2.28. The van der Waals surface area contributed by atoms with Crippen LogP contribution in [0.5, 0.6) is 0 Å². The standard InChI is InChI=1S/C12H25N/c1-4-7-9-12(6-3,11-13)10-8-5-2/h6H,3-5,7-11,13H2,1-2H3. The second kappa shape index (κ2) is 7.14. The van der Waals surface area contributed by atoms with Crippen molar-refractivity contribution in [2.24, 2.45) is 11.1 Å². The van der Waals surface area contributed by atoms with Crippen molar-refractivity contribution in [1.82, 2.24) is 0 Å². The van der Waals surface area contributed by atoms with Gasteiger partial charge in [-0.3, -0.25) is 0 Å². The molecule has 0 saturated heterocycles. The van der Waals surface area contributed by atoms with Crippen LogP contribution in [0.4, 0.5) is 0 Å². The van der Waals surface area contributed by atoms with Gasteiger partial charge in [0.25, 0.3) is 0 Å². The summed E-state index contributed by atoms with van der Waals surface area (Å²) in [6.07, 6.45) is 9.55. The van der Waals surface area contributed by atoms with Crippen molar-refractivity contribution in [2.75, 3.05) is 6.54 Å². The zero-order valence-corrected chi connectivity index (χ0v) is 9.31. The molecule has 0 heterocycles. The Hall–Kier alpha value is -0.300. The molecule has 0 fully saturated rings. The van der Waals surface area contributed by atoms with Crippen LogP contribution >= 0.6 is 0 Å². The Kier molecular flexibility index (Phi) is 6.97. The first kappa shape index (κ1) is 12.7. The molecule has 78 valence electrons. The second-order valence-corrected chi connectivity index (χ2v) is 3.98. The summed E-state index contributed by atoms with van der Waals surface area (Å²) in [5.41, 5.74) is 6.06. The molecule has 0 radical (unpaired) electrons. The molecule has 0 aromatic rings. The van der Waals surface area contributed by atoms with Crippen molar-refractivity contribution < 1.29 is 0 Å². The number of hydrogen-bond acceptors (Lipinski definition) is 1. The molecule has 0 unspecified atom stereocenters. The summed E-state index contributed by atoms with van der Waals surface area (Å²) in [7, 11) is 0. The molecule has 0 rings (SSSR count). The van der Waals surface area contributed by atoms with Crippen LogP contribution in [0, 0.1) is 5.41 Å². The van der Waals surface area contributed by atoms with Gasteiger partial charge in [-0.05, 0) is 12.8 Å². The molecule has 13 heavy (non-hydrogen) atoms. The highest BCUT2D eigenvalue weighted by atomic mass is 14.6. The lowest BCUT2D eigenvalue weighted by atomic mass is 9.78. The maximum atomic E-state index is 5.83. The van der Waals surface area contributed by atoms with Crippen LogP contribution in [0.15, 0.2) is 12.7 Å². The largest absolute Gasteiger partial charge is 0.330 e. The fraction of sp³-hybridized carbons (Fsp3) is 0.833. The molecule has 0 amide bonds. The van der Waals surface area contributed by atoms with Crippen molar-refractivity contribution in [2.45, 2.75) is 52.4 Å². The van der Waals surface area contributed by atoms with E-state index in [0.29, 0.717) is 0 Å². The smallest absolute Gasteiger partial charge is 0.00141 e. The topological polar surface area (TPSA) is 26.0 Å². The second-order valence-electron chi connectivity index (χ2n) is 3.98. The minimum Gasteiger partial charge on any atom is -0.330 e. The van der Waals surface area contributed by atoms with Gasteiger partial charge in [-0.1, -0.05) is 45.6 Å². The van der Waals surface area contributed by atoms with Gasteiger partial charge in [-0.15, -0.1) is 6.58 Å². The van der Waals surface area contributed by atoms with E-state index in [0.717, 1.165) is 6.54 Å². The minimum atomic E-state index is 0.228. The first-order chi connectivity index (χ1) is 6.24. The fourth-order valence-corrected chi connectivity index (χ4v) is 1.67. The van der Waals surface area contributed by atoms with Crippen molar-refractivity contribution in [3.63, 3.8) is 0 Å². The van der Waals surface area contributed by atoms with Gasteiger partial charge < -0.3 is 5.73 Å². The zero-order valence-electron chi connectivity index (χ0n) is 9.31. The van der Waals surface area contributed by atoms with Crippen LogP contribution < -0.4 is 5.73 Å². The molecule has 0 atom stereocenters. The van der Waals surface area contributed by atoms with Crippen molar-refractivity contribution in [3.8, 4) is 0 Å². The van der Waals surface area contributed by atoms with Gasteiger partial charge in [-0.2, -0.15) is 0 Å². The normalized spacial score (nSPS) is 11.6. The third kappa shape index (κ3) is 4.47.